The van der Waals surface area contributed by atoms with E-state index in [4.69, 9.17) is 0 Å². The second-order valence-electron chi connectivity index (χ2n) is 7.08. The molecule has 0 aliphatic heterocycles. The van der Waals surface area contributed by atoms with E-state index in [0.717, 1.165) is 18.1 Å². The van der Waals surface area contributed by atoms with Crippen LogP contribution in [-0.2, 0) is 6.42 Å². The highest BCUT2D eigenvalue weighted by Crippen LogP contribution is 2.33. The predicted molar refractivity (Wildman–Crippen MR) is 132 cm³/mol. The zero-order valence-electron chi connectivity index (χ0n) is 18.6. The van der Waals surface area contributed by atoms with Crippen LogP contribution in [0.4, 0.5) is 0 Å². The normalized spacial score (nSPS) is 11.5. The van der Waals surface area contributed by atoms with Gasteiger partial charge in [-0.05, 0) is 54.0 Å². The Hall–Kier alpha value is -1.47. The van der Waals surface area contributed by atoms with Gasteiger partial charge in [-0.25, -0.2) is 0 Å². The van der Waals surface area contributed by atoms with Crippen molar-refractivity contribution in [2.75, 3.05) is 5.75 Å². The number of hydrogen-bond donors (Lipinski definition) is 0. The molecule has 0 fully saturated rings. The molecule has 0 saturated carbocycles. The van der Waals surface area contributed by atoms with Gasteiger partial charge in [-0.2, -0.15) is 9.21 Å². The predicted octanol–water partition coefficient (Wildman–Crippen LogP) is 8.12. The van der Waals surface area contributed by atoms with Crippen LogP contribution in [0.25, 0.3) is 0 Å². The number of rotatable bonds is 7. The summed E-state index contributed by atoms with van der Waals surface area (Å²) in [5.41, 5.74) is 2.72. The average molecular weight is 387 g/mol. The molecule has 0 aliphatic carbocycles. The molecule has 0 N–H and O–H groups in total. The third-order valence-corrected chi connectivity index (χ3v) is 6.84. The average Bonchev–Trinajstić information content (AvgIpc) is 2.70. The fourth-order valence-electron chi connectivity index (χ4n) is 2.72. The Morgan fingerprint density at radius 1 is 0.852 bits per heavy atom. The summed E-state index contributed by atoms with van der Waals surface area (Å²) >= 11 is 0. The fraction of sp³-hybridized carbons (Fsp3) is 0.462. The van der Waals surface area contributed by atoms with Gasteiger partial charge in [0.15, 0.2) is 0 Å². The lowest BCUT2D eigenvalue weighted by atomic mass is 10.0. The third-order valence-electron chi connectivity index (χ3n) is 4.55. The molecule has 2 aromatic rings. The molecule has 0 aromatic heterocycles. The van der Waals surface area contributed by atoms with Crippen LogP contribution in [0.1, 0.15) is 65.0 Å². The highest BCUT2D eigenvalue weighted by Gasteiger charge is 2.05. The van der Waals surface area contributed by atoms with Crippen molar-refractivity contribution < 1.29 is 0 Å². The Bertz CT molecular complexity index is 679. The van der Waals surface area contributed by atoms with Crippen LogP contribution in [0.15, 0.2) is 59.5 Å². The van der Waals surface area contributed by atoms with Crippen LogP contribution in [0.2, 0.25) is 0 Å². The summed E-state index contributed by atoms with van der Waals surface area (Å²) < 4.78 is 0. The van der Waals surface area contributed by atoms with Crippen LogP contribution in [0, 0.1) is 12.8 Å². The van der Waals surface area contributed by atoms with Crippen LogP contribution >= 0.6 is 9.21 Å². The zero-order chi connectivity index (χ0) is 20.7. The van der Waals surface area contributed by atoms with E-state index < -0.39 is 9.21 Å². The Kier molecular flexibility index (Phi) is 13.8. The van der Waals surface area contributed by atoms with Gasteiger partial charge in [-0.15, -0.1) is 0 Å². The molecule has 0 spiro atoms. The van der Waals surface area contributed by atoms with Crippen molar-refractivity contribution in [2.24, 2.45) is 5.92 Å². The summed E-state index contributed by atoms with van der Waals surface area (Å²) in [5, 5.41) is 0. The molecular weight excluding hydrogens is 344 g/mol. The van der Waals surface area contributed by atoms with Gasteiger partial charge in [-0.1, -0.05) is 107 Å². The van der Waals surface area contributed by atoms with Gasteiger partial charge in [0.1, 0.15) is 0 Å². The summed E-state index contributed by atoms with van der Waals surface area (Å²) in [6, 6.07) is 19.2. The van der Waals surface area contributed by atoms with Crippen molar-refractivity contribution in [2.45, 2.75) is 72.1 Å². The second-order valence-corrected chi connectivity index (χ2v) is 10.1. The first-order valence-corrected chi connectivity index (χ1v) is 12.6. The maximum atomic E-state index is 4.37. The minimum absolute atomic E-state index is 0.806. The van der Waals surface area contributed by atoms with Gasteiger partial charge in [0.05, 0.1) is 0 Å². The second kappa shape index (κ2) is 14.6. The molecule has 27 heavy (non-hydrogen) atoms. The molecule has 0 bridgehead atoms. The SMILES string of the molecule is C=S(=C)(CCC(C)CCC)c1ccc(C)cc1.CC.CCc1ccccc1. The van der Waals surface area contributed by atoms with Gasteiger partial charge in [0.2, 0.25) is 0 Å². The molecular formula is C26H42S. The minimum Gasteiger partial charge on any atom is -0.187 e. The Labute approximate surface area is 170 Å². The summed E-state index contributed by atoms with van der Waals surface area (Å²) in [6.07, 6.45) is 5.00. The van der Waals surface area contributed by atoms with Crippen molar-refractivity contribution in [1.29, 1.82) is 0 Å². The van der Waals surface area contributed by atoms with Gasteiger partial charge in [0.25, 0.3) is 0 Å². The molecule has 0 radical (unpaired) electrons. The van der Waals surface area contributed by atoms with Crippen LogP contribution < -0.4 is 0 Å². The van der Waals surface area contributed by atoms with Gasteiger partial charge < -0.3 is 0 Å². The smallest absolute Gasteiger partial charge is 0.00390 e. The van der Waals surface area contributed by atoms with Crippen molar-refractivity contribution in [3.05, 3.63) is 65.7 Å². The van der Waals surface area contributed by atoms with E-state index in [2.05, 4.69) is 88.0 Å². The molecule has 0 nitrogen and oxygen atoms in total. The van der Waals surface area contributed by atoms with Gasteiger partial charge in [0, 0.05) is 0 Å². The molecule has 0 aliphatic rings. The number of benzene rings is 2. The van der Waals surface area contributed by atoms with E-state index in [1.807, 2.05) is 19.9 Å². The number of hydrogen-bond acceptors (Lipinski definition) is 0. The zero-order valence-corrected chi connectivity index (χ0v) is 19.4. The monoisotopic (exact) mass is 386 g/mol. The first-order chi connectivity index (χ1) is 12.9. The van der Waals surface area contributed by atoms with E-state index in [0.29, 0.717) is 0 Å². The van der Waals surface area contributed by atoms with Gasteiger partial charge >= 0.3 is 0 Å². The Morgan fingerprint density at radius 2 is 1.41 bits per heavy atom. The van der Waals surface area contributed by atoms with Crippen LogP contribution in [0.5, 0.6) is 0 Å². The van der Waals surface area contributed by atoms with E-state index in [-0.39, 0.29) is 0 Å². The molecule has 152 valence electrons. The first kappa shape index (κ1) is 25.5. The Morgan fingerprint density at radius 3 is 1.85 bits per heavy atom. The molecule has 2 rings (SSSR count). The lowest BCUT2D eigenvalue weighted by Gasteiger charge is -2.18. The lowest BCUT2D eigenvalue weighted by molar-refractivity contribution is 0.513. The maximum absolute atomic E-state index is 4.37. The summed E-state index contributed by atoms with van der Waals surface area (Å²) in [5.74, 6) is 10.7. The van der Waals surface area contributed by atoms with Gasteiger partial charge in [-0.3, -0.25) is 0 Å². The van der Waals surface area contributed by atoms with E-state index in [1.165, 1.54) is 35.3 Å². The standard InChI is InChI=1S/C16H26S.C8H10.C2H6/c1-6-7-14(2)12-13-17(4,5)16-10-8-15(3)9-11-16;1-2-8-6-4-3-5-7-8;1-2/h8-11,14H,4-7,12-13H2,1-3H3;3-7H,2H2,1H3;1-2H3. The van der Waals surface area contributed by atoms with Crippen molar-refractivity contribution in [3.63, 3.8) is 0 Å². The largest absolute Gasteiger partial charge is 0.187 e. The summed E-state index contributed by atoms with van der Waals surface area (Å²) in [6.45, 7) is 12.9. The van der Waals surface area contributed by atoms with E-state index >= 15 is 0 Å². The third kappa shape index (κ3) is 11.1. The topological polar surface area (TPSA) is 0 Å². The molecule has 1 heteroatoms. The highest BCUT2D eigenvalue weighted by molar-refractivity contribution is 8.27. The maximum Gasteiger partial charge on any atom is -0.00390 e. The molecule has 0 heterocycles. The first-order valence-electron chi connectivity index (χ1n) is 10.5. The molecule has 2 aromatic carbocycles. The fourth-order valence-corrected chi connectivity index (χ4v) is 4.53. The molecule has 0 saturated heterocycles. The Balaban J connectivity index is 0.000000562. The van der Waals surface area contributed by atoms with E-state index in [9.17, 15) is 0 Å². The van der Waals surface area contributed by atoms with Crippen molar-refractivity contribution in [1.82, 2.24) is 0 Å². The highest BCUT2D eigenvalue weighted by atomic mass is 32.2. The summed E-state index contributed by atoms with van der Waals surface area (Å²) in [7, 11) is -1.09. The summed E-state index contributed by atoms with van der Waals surface area (Å²) in [4.78, 5) is 1.34. The quantitative estimate of drug-likeness (QED) is 0.421. The van der Waals surface area contributed by atoms with Crippen LogP contribution in [-0.4, -0.2) is 17.5 Å². The molecule has 0 amide bonds. The van der Waals surface area contributed by atoms with Crippen LogP contribution in [0.3, 0.4) is 0 Å². The molecule has 1 atom stereocenters. The number of aryl methyl sites for hydroxylation is 2. The van der Waals surface area contributed by atoms with E-state index in [1.54, 1.807) is 0 Å². The minimum atomic E-state index is -1.09. The lowest BCUT2D eigenvalue weighted by Crippen LogP contribution is -1.99. The molecule has 1 unspecified atom stereocenters. The van der Waals surface area contributed by atoms with Crippen molar-refractivity contribution in [3.8, 4) is 0 Å². The van der Waals surface area contributed by atoms with Crippen molar-refractivity contribution >= 4 is 20.9 Å².